The summed E-state index contributed by atoms with van der Waals surface area (Å²) >= 11 is 0. The highest BCUT2D eigenvalue weighted by molar-refractivity contribution is 5.24. The van der Waals surface area contributed by atoms with Crippen molar-refractivity contribution in [3.05, 3.63) is 35.4 Å². The third-order valence-corrected chi connectivity index (χ3v) is 3.91. The van der Waals surface area contributed by atoms with Crippen LogP contribution in [0.3, 0.4) is 0 Å². The summed E-state index contributed by atoms with van der Waals surface area (Å²) in [5.41, 5.74) is 8.72. The molecule has 3 nitrogen and oxygen atoms in total. The molecule has 2 rings (SSSR count). The van der Waals surface area contributed by atoms with Gasteiger partial charge in [-0.1, -0.05) is 29.8 Å². The number of aliphatic hydroxyl groups is 1. The van der Waals surface area contributed by atoms with Crippen LogP contribution in [0.4, 0.5) is 0 Å². The van der Waals surface area contributed by atoms with Crippen LogP contribution in [-0.2, 0) is 0 Å². The minimum Gasteiger partial charge on any atom is -0.395 e. The molecule has 1 saturated heterocycles. The standard InChI is InChI=1S/C15H24N2O/c1-12-4-2-5-13(10-12)15(16)7-9-17-8-3-6-14(17)11-18/h2,4-5,10,14-15,18H,3,6-9,11,16H2,1H3. The van der Waals surface area contributed by atoms with Crippen molar-refractivity contribution in [3.8, 4) is 0 Å². The predicted octanol–water partition coefficient (Wildman–Crippen LogP) is 1.84. The fourth-order valence-corrected chi connectivity index (χ4v) is 2.77. The molecule has 3 N–H and O–H groups in total. The van der Waals surface area contributed by atoms with Crippen LogP contribution >= 0.6 is 0 Å². The van der Waals surface area contributed by atoms with Gasteiger partial charge in [-0.15, -0.1) is 0 Å². The summed E-state index contributed by atoms with van der Waals surface area (Å²) in [4.78, 5) is 2.37. The molecule has 0 bridgehead atoms. The monoisotopic (exact) mass is 248 g/mol. The topological polar surface area (TPSA) is 49.5 Å². The van der Waals surface area contributed by atoms with Crippen LogP contribution in [0.2, 0.25) is 0 Å². The Bertz CT molecular complexity index is 381. The third-order valence-electron chi connectivity index (χ3n) is 3.91. The van der Waals surface area contributed by atoms with Crippen LogP contribution in [0.1, 0.15) is 36.4 Å². The zero-order valence-electron chi connectivity index (χ0n) is 11.2. The number of hydrogen-bond acceptors (Lipinski definition) is 3. The van der Waals surface area contributed by atoms with Crippen molar-refractivity contribution < 1.29 is 5.11 Å². The van der Waals surface area contributed by atoms with Crippen LogP contribution in [0.25, 0.3) is 0 Å². The Labute approximate surface area is 110 Å². The van der Waals surface area contributed by atoms with Crippen LogP contribution in [0.15, 0.2) is 24.3 Å². The van der Waals surface area contributed by atoms with E-state index < -0.39 is 0 Å². The SMILES string of the molecule is Cc1cccc(C(N)CCN2CCCC2CO)c1. The normalized spacial score (nSPS) is 22.3. The quantitative estimate of drug-likeness (QED) is 0.836. The van der Waals surface area contributed by atoms with E-state index in [2.05, 4.69) is 36.1 Å². The summed E-state index contributed by atoms with van der Waals surface area (Å²) in [6, 6.07) is 8.89. The molecule has 1 aliphatic rings. The molecule has 3 heteroatoms. The Hall–Kier alpha value is -0.900. The zero-order valence-corrected chi connectivity index (χ0v) is 11.2. The van der Waals surface area contributed by atoms with E-state index in [-0.39, 0.29) is 12.6 Å². The Morgan fingerprint density at radius 3 is 3.06 bits per heavy atom. The molecule has 2 unspecified atom stereocenters. The Kier molecular flexibility index (Phi) is 4.75. The molecule has 18 heavy (non-hydrogen) atoms. The summed E-state index contributed by atoms with van der Waals surface area (Å²) in [6.07, 6.45) is 3.28. The van der Waals surface area contributed by atoms with Crippen molar-refractivity contribution in [2.75, 3.05) is 19.7 Å². The lowest BCUT2D eigenvalue weighted by molar-refractivity contribution is 0.155. The lowest BCUT2D eigenvalue weighted by atomic mass is 10.0. The Balaban J connectivity index is 1.86. The summed E-state index contributed by atoms with van der Waals surface area (Å²) in [5, 5.41) is 9.28. The average Bonchev–Trinajstić information content (AvgIpc) is 2.83. The Morgan fingerprint density at radius 1 is 1.50 bits per heavy atom. The maximum absolute atomic E-state index is 9.28. The summed E-state index contributed by atoms with van der Waals surface area (Å²) in [6.45, 7) is 4.46. The molecule has 0 radical (unpaired) electrons. The molecule has 100 valence electrons. The zero-order chi connectivity index (χ0) is 13.0. The number of rotatable bonds is 5. The highest BCUT2D eigenvalue weighted by Gasteiger charge is 2.23. The van der Waals surface area contributed by atoms with Crippen molar-refractivity contribution in [2.24, 2.45) is 5.73 Å². The van der Waals surface area contributed by atoms with Gasteiger partial charge in [0, 0.05) is 18.6 Å². The largest absolute Gasteiger partial charge is 0.395 e. The van der Waals surface area contributed by atoms with Gasteiger partial charge < -0.3 is 10.8 Å². The average molecular weight is 248 g/mol. The van der Waals surface area contributed by atoms with Crippen LogP contribution in [-0.4, -0.2) is 35.7 Å². The smallest absolute Gasteiger partial charge is 0.0586 e. The molecule has 0 saturated carbocycles. The van der Waals surface area contributed by atoms with Gasteiger partial charge in [-0.25, -0.2) is 0 Å². The van der Waals surface area contributed by atoms with Gasteiger partial charge in [-0.3, -0.25) is 4.90 Å². The number of hydrogen-bond donors (Lipinski definition) is 2. The van der Waals surface area contributed by atoms with E-state index in [1.807, 2.05) is 0 Å². The van der Waals surface area contributed by atoms with Crippen molar-refractivity contribution in [3.63, 3.8) is 0 Å². The Morgan fingerprint density at radius 2 is 2.33 bits per heavy atom. The number of benzene rings is 1. The lowest BCUT2D eigenvalue weighted by Gasteiger charge is -2.24. The van der Waals surface area contributed by atoms with Crippen molar-refractivity contribution >= 4 is 0 Å². The number of nitrogens with two attached hydrogens (primary N) is 1. The second kappa shape index (κ2) is 6.32. The molecule has 1 aromatic carbocycles. The number of likely N-dealkylation sites (tertiary alicyclic amines) is 1. The van der Waals surface area contributed by atoms with E-state index in [9.17, 15) is 5.11 Å². The lowest BCUT2D eigenvalue weighted by Crippen LogP contribution is -2.34. The second-order valence-corrected chi connectivity index (χ2v) is 5.32. The van der Waals surface area contributed by atoms with Crippen LogP contribution < -0.4 is 5.73 Å². The molecule has 1 aromatic rings. The van der Waals surface area contributed by atoms with E-state index in [1.165, 1.54) is 17.5 Å². The van der Waals surface area contributed by atoms with Gasteiger partial charge in [0.15, 0.2) is 0 Å². The minimum atomic E-state index is 0.102. The highest BCUT2D eigenvalue weighted by Crippen LogP contribution is 2.20. The first-order chi connectivity index (χ1) is 8.70. The first-order valence-electron chi connectivity index (χ1n) is 6.88. The molecule has 2 atom stereocenters. The summed E-state index contributed by atoms with van der Waals surface area (Å²) in [7, 11) is 0. The molecule has 0 aliphatic carbocycles. The van der Waals surface area contributed by atoms with Crippen molar-refractivity contribution in [1.82, 2.24) is 4.90 Å². The van der Waals surface area contributed by atoms with Gasteiger partial charge in [0.2, 0.25) is 0 Å². The molecule has 0 amide bonds. The van der Waals surface area contributed by atoms with Gasteiger partial charge in [0.1, 0.15) is 0 Å². The minimum absolute atomic E-state index is 0.102. The number of aryl methyl sites for hydroxylation is 1. The highest BCUT2D eigenvalue weighted by atomic mass is 16.3. The van der Waals surface area contributed by atoms with Gasteiger partial charge in [0.05, 0.1) is 6.61 Å². The molecule has 0 aromatic heterocycles. The molecule has 1 aliphatic heterocycles. The summed E-state index contributed by atoms with van der Waals surface area (Å²) in [5.74, 6) is 0. The maximum Gasteiger partial charge on any atom is 0.0586 e. The van der Waals surface area contributed by atoms with Gasteiger partial charge in [-0.2, -0.15) is 0 Å². The third kappa shape index (κ3) is 3.31. The van der Waals surface area contributed by atoms with Crippen LogP contribution in [0, 0.1) is 6.92 Å². The van der Waals surface area contributed by atoms with Crippen molar-refractivity contribution in [2.45, 2.75) is 38.3 Å². The van der Waals surface area contributed by atoms with Gasteiger partial charge >= 0.3 is 0 Å². The molecule has 0 spiro atoms. The van der Waals surface area contributed by atoms with Gasteiger partial charge in [-0.05, 0) is 38.3 Å². The molecular weight excluding hydrogens is 224 g/mol. The number of aliphatic hydroxyl groups excluding tert-OH is 1. The molecule has 1 heterocycles. The van der Waals surface area contributed by atoms with E-state index >= 15 is 0 Å². The molecular formula is C15H24N2O. The fourth-order valence-electron chi connectivity index (χ4n) is 2.77. The van der Waals surface area contributed by atoms with E-state index in [1.54, 1.807) is 0 Å². The fraction of sp³-hybridized carbons (Fsp3) is 0.600. The predicted molar refractivity (Wildman–Crippen MR) is 74.4 cm³/mol. The summed E-state index contributed by atoms with van der Waals surface area (Å²) < 4.78 is 0. The van der Waals surface area contributed by atoms with E-state index in [0.717, 1.165) is 25.9 Å². The van der Waals surface area contributed by atoms with Crippen LogP contribution in [0.5, 0.6) is 0 Å². The maximum atomic E-state index is 9.28. The first kappa shape index (κ1) is 13.5. The first-order valence-corrected chi connectivity index (χ1v) is 6.88. The van der Waals surface area contributed by atoms with E-state index in [0.29, 0.717) is 6.04 Å². The molecule has 1 fully saturated rings. The second-order valence-electron chi connectivity index (χ2n) is 5.32. The van der Waals surface area contributed by atoms with E-state index in [4.69, 9.17) is 5.73 Å². The number of nitrogens with zero attached hydrogens (tertiary/aromatic N) is 1. The van der Waals surface area contributed by atoms with Crippen molar-refractivity contribution in [1.29, 1.82) is 0 Å². The van der Waals surface area contributed by atoms with Gasteiger partial charge in [0.25, 0.3) is 0 Å².